The molecule has 0 bridgehead atoms. The Bertz CT molecular complexity index is 901. The Morgan fingerprint density at radius 3 is 2.41 bits per heavy atom. The van der Waals surface area contributed by atoms with Gasteiger partial charge < -0.3 is 10.6 Å². The summed E-state index contributed by atoms with van der Waals surface area (Å²) >= 11 is 5.96. The number of carbonyl (C=O) groups is 1. The quantitative estimate of drug-likeness (QED) is 0.643. The van der Waals surface area contributed by atoms with Crippen LogP contribution in [0.4, 0.5) is 16.0 Å². The Labute approximate surface area is 161 Å². The van der Waals surface area contributed by atoms with Crippen molar-refractivity contribution in [1.82, 2.24) is 10.2 Å². The second-order valence-electron chi connectivity index (χ2n) is 5.96. The Balaban J connectivity index is 1.46. The molecular weight excluding hydrogens is 367 g/mol. The predicted molar refractivity (Wildman–Crippen MR) is 104 cm³/mol. The number of hydrogen-bond donors (Lipinski definition) is 2. The van der Waals surface area contributed by atoms with Crippen molar-refractivity contribution in [3.63, 3.8) is 0 Å². The van der Waals surface area contributed by atoms with Crippen molar-refractivity contribution in [2.75, 3.05) is 17.2 Å². The molecule has 0 aliphatic carbocycles. The standard InChI is InChI=1S/C20H18ClFN4O/c21-16-3-1-2-14(12-16)10-11-23-18-8-9-19(26-25-18)24-20(27)13-15-4-6-17(22)7-5-15/h1-9,12H,10-11,13H2,(H,23,25)(H,24,26,27). The number of amides is 1. The highest BCUT2D eigenvalue weighted by Gasteiger charge is 2.06. The lowest BCUT2D eigenvalue weighted by Gasteiger charge is -2.07. The summed E-state index contributed by atoms with van der Waals surface area (Å²) in [6.45, 7) is 0.686. The van der Waals surface area contributed by atoms with Gasteiger partial charge in [0.25, 0.3) is 0 Å². The number of carbonyl (C=O) groups excluding carboxylic acids is 1. The first-order valence-electron chi connectivity index (χ1n) is 8.45. The van der Waals surface area contributed by atoms with Gasteiger partial charge in [-0.15, -0.1) is 10.2 Å². The van der Waals surface area contributed by atoms with E-state index >= 15 is 0 Å². The van der Waals surface area contributed by atoms with E-state index in [1.54, 1.807) is 24.3 Å². The van der Waals surface area contributed by atoms with E-state index in [0.717, 1.165) is 17.5 Å². The van der Waals surface area contributed by atoms with Gasteiger partial charge in [-0.05, 0) is 53.9 Å². The van der Waals surface area contributed by atoms with Crippen molar-refractivity contribution in [2.45, 2.75) is 12.8 Å². The molecule has 7 heteroatoms. The molecule has 27 heavy (non-hydrogen) atoms. The lowest BCUT2D eigenvalue weighted by atomic mass is 10.1. The molecule has 0 aliphatic heterocycles. The van der Waals surface area contributed by atoms with Gasteiger partial charge in [0.1, 0.15) is 11.6 Å². The highest BCUT2D eigenvalue weighted by molar-refractivity contribution is 6.30. The van der Waals surface area contributed by atoms with Crippen molar-refractivity contribution in [3.05, 3.63) is 82.6 Å². The number of nitrogens with zero attached hydrogens (tertiary/aromatic N) is 2. The van der Waals surface area contributed by atoms with Crippen LogP contribution in [0.25, 0.3) is 0 Å². The zero-order valence-corrected chi connectivity index (χ0v) is 15.2. The Morgan fingerprint density at radius 2 is 1.70 bits per heavy atom. The minimum Gasteiger partial charge on any atom is -0.368 e. The lowest BCUT2D eigenvalue weighted by molar-refractivity contribution is -0.115. The van der Waals surface area contributed by atoms with Crippen molar-refractivity contribution < 1.29 is 9.18 Å². The molecule has 1 amide bonds. The number of aromatic nitrogens is 2. The van der Waals surface area contributed by atoms with Crippen LogP contribution in [0, 0.1) is 5.82 Å². The molecule has 0 radical (unpaired) electrons. The number of anilines is 2. The first kappa shape index (κ1) is 18.8. The summed E-state index contributed by atoms with van der Waals surface area (Å²) in [5.74, 6) is 0.414. The van der Waals surface area contributed by atoms with Crippen LogP contribution in [0.1, 0.15) is 11.1 Å². The van der Waals surface area contributed by atoms with E-state index in [-0.39, 0.29) is 18.1 Å². The molecule has 1 heterocycles. The molecule has 0 fully saturated rings. The highest BCUT2D eigenvalue weighted by Crippen LogP contribution is 2.12. The third-order valence-electron chi connectivity index (χ3n) is 3.82. The van der Waals surface area contributed by atoms with Crippen molar-refractivity contribution in [3.8, 4) is 0 Å². The van der Waals surface area contributed by atoms with Crippen molar-refractivity contribution in [1.29, 1.82) is 0 Å². The maximum atomic E-state index is 12.9. The summed E-state index contributed by atoms with van der Waals surface area (Å²) < 4.78 is 12.9. The fourth-order valence-electron chi connectivity index (χ4n) is 2.50. The van der Waals surface area contributed by atoms with Crippen LogP contribution in [0.5, 0.6) is 0 Å². The van der Waals surface area contributed by atoms with Crippen LogP contribution in [0.15, 0.2) is 60.7 Å². The molecule has 0 saturated carbocycles. The van der Waals surface area contributed by atoms with E-state index in [1.807, 2.05) is 24.3 Å². The third kappa shape index (κ3) is 6.04. The number of halogens is 2. The van der Waals surface area contributed by atoms with Gasteiger partial charge >= 0.3 is 0 Å². The van der Waals surface area contributed by atoms with Crippen LogP contribution in [-0.2, 0) is 17.6 Å². The topological polar surface area (TPSA) is 66.9 Å². The van der Waals surface area contributed by atoms with Crippen LogP contribution in [-0.4, -0.2) is 22.6 Å². The van der Waals surface area contributed by atoms with Crippen molar-refractivity contribution >= 4 is 29.1 Å². The summed E-state index contributed by atoms with van der Waals surface area (Å²) in [5.41, 5.74) is 1.86. The van der Waals surface area contributed by atoms with Gasteiger partial charge in [-0.25, -0.2) is 4.39 Å². The monoisotopic (exact) mass is 384 g/mol. The van der Waals surface area contributed by atoms with Gasteiger partial charge in [0.05, 0.1) is 6.42 Å². The molecule has 138 valence electrons. The molecule has 0 spiro atoms. The molecule has 3 aromatic rings. The van der Waals surface area contributed by atoms with Crippen LogP contribution >= 0.6 is 11.6 Å². The summed E-state index contributed by atoms with van der Waals surface area (Å²) in [6.07, 6.45) is 0.944. The van der Waals surface area contributed by atoms with E-state index in [0.29, 0.717) is 23.2 Å². The van der Waals surface area contributed by atoms with Gasteiger partial charge in [-0.1, -0.05) is 35.9 Å². The van der Waals surface area contributed by atoms with Gasteiger partial charge in [0.15, 0.2) is 5.82 Å². The number of benzene rings is 2. The van der Waals surface area contributed by atoms with Crippen LogP contribution < -0.4 is 10.6 Å². The highest BCUT2D eigenvalue weighted by atomic mass is 35.5. The maximum absolute atomic E-state index is 12.9. The zero-order valence-electron chi connectivity index (χ0n) is 14.5. The Kier molecular flexibility index (Phi) is 6.33. The van der Waals surface area contributed by atoms with Crippen molar-refractivity contribution in [2.24, 2.45) is 0 Å². The zero-order chi connectivity index (χ0) is 19.1. The Morgan fingerprint density at radius 1 is 0.963 bits per heavy atom. The summed E-state index contributed by atoms with van der Waals surface area (Å²) in [5, 5.41) is 14.6. The predicted octanol–water partition coefficient (Wildman–Crippen LogP) is 4.10. The maximum Gasteiger partial charge on any atom is 0.229 e. The third-order valence-corrected chi connectivity index (χ3v) is 4.05. The first-order valence-corrected chi connectivity index (χ1v) is 8.82. The van der Waals surface area contributed by atoms with Crippen LogP contribution in [0.2, 0.25) is 5.02 Å². The van der Waals surface area contributed by atoms with Gasteiger partial charge in [-0.2, -0.15) is 0 Å². The normalized spacial score (nSPS) is 10.4. The number of rotatable bonds is 7. The fraction of sp³-hybridized carbons (Fsp3) is 0.150. The van der Waals surface area contributed by atoms with E-state index in [2.05, 4.69) is 20.8 Å². The summed E-state index contributed by atoms with van der Waals surface area (Å²) in [4.78, 5) is 12.0. The molecule has 1 aromatic heterocycles. The van der Waals surface area contributed by atoms with E-state index < -0.39 is 0 Å². The molecule has 2 aromatic carbocycles. The molecule has 0 unspecified atom stereocenters. The molecule has 0 aliphatic rings. The second-order valence-corrected chi connectivity index (χ2v) is 6.40. The summed E-state index contributed by atoms with van der Waals surface area (Å²) in [6, 6.07) is 16.9. The average Bonchev–Trinajstić information content (AvgIpc) is 2.65. The van der Waals surface area contributed by atoms with Gasteiger partial charge in [0, 0.05) is 11.6 Å². The molecule has 3 rings (SSSR count). The Hall–Kier alpha value is -2.99. The largest absolute Gasteiger partial charge is 0.368 e. The molecule has 0 saturated heterocycles. The number of hydrogen-bond acceptors (Lipinski definition) is 4. The van der Waals surface area contributed by atoms with Gasteiger partial charge in [0.2, 0.25) is 5.91 Å². The average molecular weight is 385 g/mol. The number of nitrogens with one attached hydrogen (secondary N) is 2. The minimum atomic E-state index is -0.330. The summed E-state index contributed by atoms with van der Waals surface area (Å²) in [7, 11) is 0. The van der Waals surface area contributed by atoms with E-state index in [4.69, 9.17) is 11.6 Å². The molecule has 5 nitrogen and oxygen atoms in total. The second kappa shape index (κ2) is 9.09. The lowest BCUT2D eigenvalue weighted by Crippen LogP contribution is -2.16. The first-order chi connectivity index (χ1) is 13.1. The molecule has 0 atom stereocenters. The fourth-order valence-corrected chi connectivity index (χ4v) is 2.71. The van der Waals surface area contributed by atoms with Crippen LogP contribution in [0.3, 0.4) is 0 Å². The van der Waals surface area contributed by atoms with Gasteiger partial charge in [-0.3, -0.25) is 4.79 Å². The SMILES string of the molecule is O=C(Cc1ccc(F)cc1)Nc1ccc(NCCc2cccc(Cl)c2)nn1. The van der Waals surface area contributed by atoms with E-state index in [9.17, 15) is 9.18 Å². The molecular formula is C20H18ClFN4O. The molecule has 2 N–H and O–H groups in total. The van der Waals surface area contributed by atoms with E-state index in [1.165, 1.54) is 12.1 Å². The minimum absolute atomic E-state index is 0.140. The smallest absolute Gasteiger partial charge is 0.229 e.